The van der Waals surface area contributed by atoms with Crippen molar-refractivity contribution in [3.05, 3.63) is 77.5 Å². The number of hydrogen-bond donors (Lipinski definition) is 2. The number of urea groups is 1. The Balaban J connectivity index is 1.58. The molecule has 126 valence electrons. The van der Waals surface area contributed by atoms with E-state index < -0.39 is 0 Å². The molecule has 2 amide bonds. The van der Waals surface area contributed by atoms with Crippen LogP contribution < -0.4 is 10.6 Å². The zero-order valence-electron chi connectivity index (χ0n) is 13.3. The highest BCUT2D eigenvalue weighted by atomic mass is 35.5. The van der Waals surface area contributed by atoms with Crippen LogP contribution in [0.15, 0.2) is 61.2 Å². The van der Waals surface area contributed by atoms with Crippen molar-refractivity contribution in [1.29, 1.82) is 0 Å². The van der Waals surface area contributed by atoms with Crippen molar-refractivity contribution in [2.24, 2.45) is 0 Å². The van der Waals surface area contributed by atoms with Crippen LogP contribution >= 0.6 is 11.6 Å². The average molecular weight is 354 g/mol. The molecule has 0 aliphatic heterocycles. The van der Waals surface area contributed by atoms with E-state index in [-0.39, 0.29) is 12.6 Å². The van der Waals surface area contributed by atoms with Gasteiger partial charge in [0.2, 0.25) is 0 Å². The van der Waals surface area contributed by atoms with Gasteiger partial charge in [0.1, 0.15) is 0 Å². The number of amides is 2. The molecule has 3 rings (SSSR count). The van der Waals surface area contributed by atoms with Crippen molar-refractivity contribution in [3.63, 3.8) is 0 Å². The van der Waals surface area contributed by atoms with Gasteiger partial charge in [-0.05, 0) is 29.8 Å². The van der Waals surface area contributed by atoms with Crippen LogP contribution in [0.2, 0.25) is 5.02 Å². The number of aromatic nitrogens is 3. The van der Waals surface area contributed by atoms with Gasteiger partial charge in [0, 0.05) is 41.9 Å². The van der Waals surface area contributed by atoms with E-state index in [0.29, 0.717) is 17.3 Å². The number of benzene rings is 1. The molecule has 0 atom stereocenters. The van der Waals surface area contributed by atoms with E-state index in [1.807, 2.05) is 24.3 Å². The summed E-state index contributed by atoms with van der Waals surface area (Å²) >= 11 is 5.84. The van der Waals surface area contributed by atoms with Crippen LogP contribution in [0.3, 0.4) is 0 Å². The van der Waals surface area contributed by atoms with Gasteiger partial charge >= 0.3 is 6.03 Å². The Morgan fingerprint density at radius 1 is 0.880 bits per heavy atom. The van der Waals surface area contributed by atoms with Crippen LogP contribution in [0.1, 0.15) is 11.3 Å². The monoisotopic (exact) mass is 353 g/mol. The maximum absolute atomic E-state index is 12.0. The highest BCUT2D eigenvalue weighted by molar-refractivity contribution is 6.30. The Morgan fingerprint density at radius 3 is 2.32 bits per heavy atom. The standard InChI is InChI=1S/C18H16ClN5O/c19-15-3-1-13(2-4-15)11-23-18(25)24-12-16-17(22-10-9-21-16)14-5-7-20-8-6-14/h1-10H,11-12H2,(H2,23,24,25). The first-order chi connectivity index (χ1) is 12.2. The molecule has 0 spiro atoms. The van der Waals surface area contributed by atoms with Gasteiger partial charge in [-0.15, -0.1) is 0 Å². The van der Waals surface area contributed by atoms with Gasteiger partial charge in [-0.3, -0.25) is 15.0 Å². The van der Waals surface area contributed by atoms with Crippen LogP contribution in [-0.2, 0) is 13.1 Å². The second kappa shape index (κ2) is 8.21. The summed E-state index contributed by atoms with van der Waals surface area (Å²) in [6.45, 7) is 0.693. The van der Waals surface area contributed by atoms with Crippen LogP contribution in [0.4, 0.5) is 4.79 Å². The molecular formula is C18H16ClN5O. The summed E-state index contributed by atoms with van der Waals surface area (Å²) in [7, 11) is 0. The summed E-state index contributed by atoms with van der Waals surface area (Å²) in [4.78, 5) is 24.7. The normalized spacial score (nSPS) is 10.3. The zero-order valence-corrected chi connectivity index (χ0v) is 14.1. The number of halogens is 1. The molecule has 2 aromatic heterocycles. The summed E-state index contributed by atoms with van der Waals surface area (Å²) in [5.74, 6) is 0. The summed E-state index contributed by atoms with van der Waals surface area (Å²) in [6, 6.07) is 10.7. The number of carbonyl (C=O) groups excluding carboxylic acids is 1. The Morgan fingerprint density at radius 2 is 1.56 bits per heavy atom. The van der Waals surface area contributed by atoms with E-state index in [2.05, 4.69) is 25.6 Å². The average Bonchev–Trinajstić information content (AvgIpc) is 2.67. The Hall–Kier alpha value is -2.99. The molecule has 0 aliphatic carbocycles. The molecule has 3 aromatic rings. The van der Waals surface area contributed by atoms with Crippen molar-refractivity contribution < 1.29 is 4.79 Å². The van der Waals surface area contributed by atoms with Crippen LogP contribution in [0.5, 0.6) is 0 Å². The highest BCUT2D eigenvalue weighted by Crippen LogP contribution is 2.18. The maximum atomic E-state index is 12.0. The molecule has 7 heteroatoms. The molecular weight excluding hydrogens is 338 g/mol. The predicted molar refractivity (Wildman–Crippen MR) is 95.8 cm³/mol. The number of carbonyl (C=O) groups is 1. The first kappa shape index (κ1) is 16.9. The van der Waals surface area contributed by atoms with Gasteiger partial charge in [0.25, 0.3) is 0 Å². The van der Waals surface area contributed by atoms with E-state index in [4.69, 9.17) is 11.6 Å². The SMILES string of the molecule is O=C(NCc1ccc(Cl)cc1)NCc1nccnc1-c1ccncc1. The van der Waals surface area contributed by atoms with Crippen molar-refractivity contribution >= 4 is 17.6 Å². The molecule has 0 fully saturated rings. The van der Waals surface area contributed by atoms with Gasteiger partial charge in [0.05, 0.1) is 17.9 Å². The Labute approximate surface area is 150 Å². The van der Waals surface area contributed by atoms with E-state index in [1.54, 1.807) is 36.9 Å². The van der Waals surface area contributed by atoms with Gasteiger partial charge < -0.3 is 10.6 Å². The fourth-order valence-corrected chi connectivity index (χ4v) is 2.38. The lowest BCUT2D eigenvalue weighted by Crippen LogP contribution is -2.34. The molecule has 0 radical (unpaired) electrons. The fourth-order valence-electron chi connectivity index (χ4n) is 2.26. The quantitative estimate of drug-likeness (QED) is 0.738. The summed E-state index contributed by atoms with van der Waals surface area (Å²) in [5.41, 5.74) is 3.29. The minimum absolute atomic E-state index is 0.276. The lowest BCUT2D eigenvalue weighted by molar-refractivity contribution is 0.240. The molecule has 2 N–H and O–H groups in total. The summed E-state index contributed by atoms with van der Waals surface area (Å²) in [6.07, 6.45) is 6.62. The molecule has 1 aromatic carbocycles. The molecule has 0 aliphatic rings. The maximum Gasteiger partial charge on any atom is 0.315 e. The molecule has 0 saturated carbocycles. The van der Waals surface area contributed by atoms with Crippen molar-refractivity contribution in [2.45, 2.75) is 13.1 Å². The number of nitrogens with one attached hydrogen (secondary N) is 2. The fraction of sp³-hybridized carbons (Fsp3) is 0.111. The molecule has 0 unspecified atom stereocenters. The van der Waals surface area contributed by atoms with Gasteiger partial charge in [-0.25, -0.2) is 4.79 Å². The van der Waals surface area contributed by atoms with E-state index in [9.17, 15) is 4.79 Å². The second-order valence-electron chi connectivity index (χ2n) is 5.25. The largest absolute Gasteiger partial charge is 0.334 e. The number of hydrogen-bond acceptors (Lipinski definition) is 4. The van der Waals surface area contributed by atoms with E-state index in [1.165, 1.54) is 0 Å². The van der Waals surface area contributed by atoms with Gasteiger partial charge in [-0.1, -0.05) is 23.7 Å². The number of rotatable bonds is 5. The first-order valence-electron chi connectivity index (χ1n) is 7.69. The van der Waals surface area contributed by atoms with Crippen LogP contribution in [0.25, 0.3) is 11.3 Å². The third-order valence-corrected chi connectivity index (χ3v) is 3.76. The lowest BCUT2D eigenvalue weighted by atomic mass is 10.1. The van der Waals surface area contributed by atoms with E-state index in [0.717, 1.165) is 16.8 Å². The van der Waals surface area contributed by atoms with E-state index >= 15 is 0 Å². The molecule has 0 bridgehead atoms. The smallest absolute Gasteiger partial charge is 0.315 e. The van der Waals surface area contributed by atoms with Gasteiger partial charge in [-0.2, -0.15) is 0 Å². The topological polar surface area (TPSA) is 79.8 Å². The minimum atomic E-state index is -0.277. The summed E-state index contributed by atoms with van der Waals surface area (Å²) < 4.78 is 0. The number of nitrogens with zero attached hydrogens (tertiary/aromatic N) is 3. The predicted octanol–water partition coefficient (Wildman–Crippen LogP) is 3.19. The third kappa shape index (κ3) is 4.74. The Kier molecular flexibility index (Phi) is 5.53. The molecule has 0 saturated heterocycles. The highest BCUT2D eigenvalue weighted by Gasteiger charge is 2.09. The second-order valence-corrected chi connectivity index (χ2v) is 5.69. The van der Waals surface area contributed by atoms with Crippen molar-refractivity contribution in [3.8, 4) is 11.3 Å². The van der Waals surface area contributed by atoms with Crippen LogP contribution in [-0.4, -0.2) is 21.0 Å². The zero-order chi connectivity index (χ0) is 17.5. The van der Waals surface area contributed by atoms with Crippen molar-refractivity contribution in [2.75, 3.05) is 0 Å². The third-order valence-electron chi connectivity index (χ3n) is 3.51. The Bertz CT molecular complexity index is 840. The molecule has 2 heterocycles. The lowest BCUT2D eigenvalue weighted by Gasteiger charge is -2.10. The van der Waals surface area contributed by atoms with Gasteiger partial charge in [0.15, 0.2) is 0 Å². The number of pyridine rings is 1. The molecule has 6 nitrogen and oxygen atoms in total. The van der Waals surface area contributed by atoms with Crippen LogP contribution in [0, 0.1) is 0 Å². The first-order valence-corrected chi connectivity index (χ1v) is 8.06. The van der Waals surface area contributed by atoms with Crippen molar-refractivity contribution in [1.82, 2.24) is 25.6 Å². The molecule has 25 heavy (non-hydrogen) atoms. The minimum Gasteiger partial charge on any atom is -0.334 e. The summed E-state index contributed by atoms with van der Waals surface area (Å²) in [5, 5.41) is 6.26.